The Balaban J connectivity index is 1.54. The quantitative estimate of drug-likeness (QED) is 0.918. The zero-order valence-corrected chi connectivity index (χ0v) is 13.0. The molecule has 2 fully saturated rings. The molecule has 3 rings (SSSR count). The molecule has 0 aromatic carbocycles. The normalized spacial score (nSPS) is 22.4. The minimum Gasteiger partial charge on any atom is -0.376 e. The maximum atomic E-state index is 12.1. The van der Waals surface area contributed by atoms with E-state index in [4.69, 9.17) is 4.74 Å². The van der Waals surface area contributed by atoms with Gasteiger partial charge in [0.1, 0.15) is 0 Å². The number of carbonyl (C=O) groups excluding carboxylic acids is 1. The van der Waals surface area contributed by atoms with Crippen LogP contribution in [0.1, 0.15) is 49.0 Å². The van der Waals surface area contributed by atoms with E-state index < -0.39 is 0 Å². The summed E-state index contributed by atoms with van der Waals surface area (Å²) >= 11 is 0. The minimum absolute atomic E-state index is 0.147. The van der Waals surface area contributed by atoms with E-state index in [2.05, 4.69) is 20.4 Å². The van der Waals surface area contributed by atoms with E-state index in [1.807, 2.05) is 6.07 Å². The summed E-state index contributed by atoms with van der Waals surface area (Å²) in [5.74, 6) is 0.697. The van der Waals surface area contributed by atoms with Crippen molar-refractivity contribution < 1.29 is 9.53 Å². The second kappa shape index (κ2) is 7.54. The molecule has 1 amide bonds. The van der Waals surface area contributed by atoms with Crippen LogP contribution in [0.5, 0.6) is 0 Å². The van der Waals surface area contributed by atoms with Crippen LogP contribution in [0.15, 0.2) is 12.1 Å². The van der Waals surface area contributed by atoms with Gasteiger partial charge in [-0.25, -0.2) is 0 Å². The summed E-state index contributed by atoms with van der Waals surface area (Å²) in [4.78, 5) is 14.3. The fourth-order valence-corrected chi connectivity index (χ4v) is 3.02. The number of amides is 1. The van der Waals surface area contributed by atoms with Crippen molar-refractivity contribution in [1.29, 1.82) is 0 Å². The molecule has 1 N–H and O–H groups in total. The van der Waals surface area contributed by atoms with Gasteiger partial charge in [0.25, 0.3) is 5.91 Å². The van der Waals surface area contributed by atoms with E-state index in [1.54, 1.807) is 6.07 Å². The summed E-state index contributed by atoms with van der Waals surface area (Å²) in [5, 5.41) is 11.2. The molecule has 2 saturated heterocycles. The van der Waals surface area contributed by atoms with Crippen molar-refractivity contribution in [2.45, 2.75) is 44.6 Å². The molecular formula is C16H24N4O2. The van der Waals surface area contributed by atoms with Crippen molar-refractivity contribution in [3.8, 4) is 0 Å². The molecule has 1 aromatic rings. The van der Waals surface area contributed by atoms with Crippen molar-refractivity contribution in [2.75, 3.05) is 31.1 Å². The van der Waals surface area contributed by atoms with Gasteiger partial charge >= 0.3 is 0 Å². The number of ether oxygens (including phenoxy) is 1. The highest BCUT2D eigenvalue weighted by atomic mass is 16.5. The first kappa shape index (κ1) is 15.2. The number of nitrogens with one attached hydrogen (secondary N) is 1. The van der Waals surface area contributed by atoms with Gasteiger partial charge in [0, 0.05) is 26.2 Å². The molecule has 0 spiro atoms. The van der Waals surface area contributed by atoms with Gasteiger partial charge < -0.3 is 15.0 Å². The summed E-state index contributed by atoms with van der Waals surface area (Å²) in [5.41, 5.74) is 0.372. The third-order valence-corrected chi connectivity index (χ3v) is 4.33. The number of aromatic nitrogens is 2. The SMILES string of the molecule is O=C(NCC1CCCO1)c1ccc(N2CCCCCC2)nn1. The molecule has 6 nitrogen and oxygen atoms in total. The maximum absolute atomic E-state index is 12.1. The largest absolute Gasteiger partial charge is 0.376 e. The smallest absolute Gasteiger partial charge is 0.271 e. The van der Waals surface area contributed by atoms with Gasteiger partial charge in [0.05, 0.1) is 6.10 Å². The molecular weight excluding hydrogens is 280 g/mol. The van der Waals surface area contributed by atoms with E-state index in [9.17, 15) is 4.79 Å². The molecule has 2 aliphatic heterocycles. The maximum Gasteiger partial charge on any atom is 0.271 e. The van der Waals surface area contributed by atoms with Crippen LogP contribution in [-0.4, -0.2) is 48.4 Å². The van der Waals surface area contributed by atoms with Crippen molar-refractivity contribution in [2.24, 2.45) is 0 Å². The minimum atomic E-state index is -0.176. The van der Waals surface area contributed by atoms with Crippen LogP contribution < -0.4 is 10.2 Å². The van der Waals surface area contributed by atoms with E-state index in [1.165, 1.54) is 25.7 Å². The van der Waals surface area contributed by atoms with Crippen LogP contribution in [0.25, 0.3) is 0 Å². The second-order valence-corrected chi connectivity index (χ2v) is 6.02. The molecule has 0 saturated carbocycles. The van der Waals surface area contributed by atoms with Gasteiger partial charge in [0.2, 0.25) is 0 Å². The van der Waals surface area contributed by atoms with Gasteiger partial charge in [-0.1, -0.05) is 12.8 Å². The summed E-state index contributed by atoms with van der Waals surface area (Å²) in [6.07, 6.45) is 7.20. The predicted octanol–water partition coefficient (Wildman–Crippen LogP) is 1.77. The number of hydrogen-bond acceptors (Lipinski definition) is 5. The van der Waals surface area contributed by atoms with E-state index >= 15 is 0 Å². The molecule has 120 valence electrons. The van der Waals surface area contributed by atoms with E-state index in [0.29, 0.717) is 12.2 Å². The van der Waals surface area contributed by atoms with Crippen LogP contribution >= 0.6 is 0 Å². The molecule has 6 heteroatoms. The van der Waals surface area contributed by atoms with Gasteiger partial charge in [-0.15, -0.1) is 10.2 Å². The first-order valence-electron chi connectivity index (χ1n) is 8.31. The molecule has 1 unspecified atom stereocenters. The highest BCUT2D eigenvalue weighted by Crippen LogP contribution is 2.16. The zero-order chi connectivity index (χ0) is 15.2. The van der Waals surface area contributed by atoms with Crippen LogP contribution in [0.3, 0.4) is 0 Å². The average molecular weight is 304 g/mol. The lowest BCUT2D eigenvalue weighted by atomic mass is 10.2. The lowest BCUT2D eigenvalue weighted by molar-refractivity contribution is 0.0853. The molecule has 22 heavy (non-hydrogen) atoms. The topological polar surface area (TPSA) is 67.3 Å². The van der Waals surface area contributed by atoms with Crippen LogP contribution in [0.2, 0.25) is 0 Å². The Morgan fingerprint density at radius 1 is 1.18 bits per heavy atom. The van der Waals surface area contributed by atoms with Gasteiger partial charge in [-0.2, -0.15) is 0 Å². The van der Waals surface area contributed by atoms with E-state index in [-0.39, 0.29) is 12.0 Å². The highest BCUT2D eigenvalue weighted by Gasteiger charge is 2.18. The monoisotopic (exact) mass is 304 g/mol. The molecule has 2 aliphatic rings. The summed E-state index contributed by atoms with van der Waals surface area (Å²) in [6, 6.07) is 3.66. The van der Waals surface area contributed by atoms with Crippen molar-refractivity contribution in [3.05, 3.63) is 17.8 Å². The Morgan fingerprint density at radius 3 is 2.64 bits per heavy atom. The van der Waals surface area contributed by atoms with Gasteiger partial charge in [-0.3, -0.25) is 4.79 Å². The number of anilines is 1. The molecule has 0 aliphatic carbocycles. The number of rotatable bonds is 4. The molecule has 0 radical (unpaired) electrons. The number of nitrogens with zero attached hydrogens (tertiary/aromatic N) is 3. The molecule has 1 atom stereocenters. The Hall–Kier alpha value is -1.69. The Bertz CT molecular complexity index is 477. The van der Waals surface area contributed by atoms with Crippen LogP contribution in [0.4, 0.5) is 5.82 Å². The Kier molecular flexibility index (Phi) is 5.21. The summed E-state index contributed by atoms with van der Waals surface area (Å²) in [6.45, 7) is 3.40. The molecule has 1 aromatic heterocycles. The Labute approximate surface area is 131 Å². The van der Waals surface area contributed by atoms with Gasteiger partial charge in [-0.05, 0) is 37.8 Å². The fourth-order valence-electron chi connectivity index (χ4n) is 3.02. The first-order valence-corrected chi connectivity index (χ1v) is 8.31. The standard InChI is InChI=1S/C16H24N4O2/c21-16(17-12-13-6-5-11-22-13)14-7-8-15(19-18-14)20-9-3-1-2-4-10-20/h7-8,13H,1-6,9-12H2,(H,17,21). The predicted molar refractivity (Wildman–Crippen MR) is 84.0 cm³/mol. The third kappa shape index (κ3) is 3.94. The lowest BCUT2D eigenvalue weighted by Gasteiger charge is -2.20. The fraction of sp³-hybridized carbons (Fsp3) is 0.688. The van der Waals surface area contributed by atoms with Crippen LogP contribution in [-0.2, 0) is 4.74 Å². The van der Waals surface area contributed by atoms with Crippen molar-refractivity contribution in [1.82, 2.24) is 15.5 Å². The van der Waals surface area contributed by atoms with Crippen molar-refractivity contribution in [3.63, 3.8) is 0 Å². The molecule has 3 heterocycles. The zero-order valence-electron chi connectivity index (χ0n) is 13.0. The Morgan fingerprint density at radius 2 is 2.00 bits per heavy atom. The highest BCUT2D eigenvalue weighted by molar-refractivity contribution is 5.92. The van der Waals surface area contributed by atoms with E-state index in [0.717, 1.165) is 38.4 Å². The average Bonchev–Trinajstić information content (AvgIpc) is 2.93. The number of carbonyl (C=O) groups is 1. The van der Waals surface area contributed by atoms with Crippen molar-refractivity contribution >= 4 is 11.7 Å². The third-order valence-electron chi connectivity index (χ3n) is 4.33. The lowest BCUT2D eigenvalue weighted by Crippen LogP contribution is -2.32. The summed E-state index contributed by atoms with van der Waals surface area (Å²) in [7, 11) is 0. The molecule has 0 bridgehead atoms. The number of hydrogen-bond donors (Lipinski definition) is 1. The summed E-state index contributed by atoms with van der Waals surface area (Å²) < 4.78 is 5.49. The second-order valence-electron chi connectivity index (χ2n) is 6.02. The first-order chi connectivity index (χ1) is 10.8. The van der Waals surface area contributed by atoms with Crippen LogP contribution in [0, 0.1) is 0 Å². The van der Waals surface area contributed by atoms with Gasteiger partial charge in [0.15, 0.2) is 11.5 Å².